The summed E-state index contributed by atoms with van der Waals surface area (Å²) in [4.78, 5) is 13.9. The average molecular weight is 245 g/mol. The topological polar surface area (TPSA) is 29.5 Å². The second-order valence-electron chi connectivity index (χ2n) is 5.19. The standard InChI is InChI=1S/C15H19NO2/c17-15-14(8-11-18-15)16-9-6-13(7-10-16)12-4-2-1-3-5-12/h1-5,13-14H,6-11H2/t14-/m1/s1. The van der Waals surface area contributed by atoms with Gasteiger partial charge in [-0.25, -0.2) is 0 Å². The first-order chi connectivity index (χ1) is 8.84. The number of carbonyl (C=O) groups is 1. The molecule has 0 unspecified atom stereocenters. The van der Waals surface area contributed by atoms with Gasteiger partial charge in [0.2, 0.25) is 0 Å². The molecule has 1 aromatic rings. The molecule has 2 aliphatic heterocycles. The Balaban J connectivity index is 1.60. The minimum atomic E-state index is -0.0202. The number of cyclic esters (lactones) is 1. The van der Waals surface area contributed by atoms with Crippen LogP contribution in [-0.4, -0.2) is 36.6 Å². The molecule has 1 aromatic carbocycles. The molecule has 0 aromatic heterocycles. The van der Waals surface area contributed by atoms with Crippen LogP contribution in [0.25, 0.3) is 0 Å². The highest BCUT2D eigenvalue weighted by atomic mass is 16.5. The van der Waals surface area contributed by atoms with Crippen LogP contribution in [0.1, 0.15) is 30.7 Å². The van der Waals surface area contributed by atoms with E-state index in [1.165, 1.54) is 5.56 Å². The molecule has 0 bridgehead atoms. The van der Waals surface area contributed by atoms with Crippen molar-refractivity contribution in [1.82, 2.24) is 4.90 Å². The van der Waals surface area contributed by atoms with E-state index >= 15 is 0 Å². The molecular weight excluding hydrogens is 226 g/mol. The molecule has 0 radical (unpaired) electrons. The molecule has 3 heteroatoms. The Kier molecular flexibility index (Phi) is 3.33. The molecule has 2 aliphatic rings. The molecule has 0 spiro atoms. The molecule has 2 fully saturated rings. The third-order valence-electron chi connectivity index (χ3n) is 4.15. The van der Waals surface area contributed by atoms with Gasteiger partial charge in [0.05, 0.1) is 6.61 Å². The minimum Gasteiger partial charge on any atom is -0.464 e. The number of rotatable bonds is 2. The van der Waals surface area contributed by atoms with E-state index in [1.54, 1.807) is 0 Å². The fourth-order valence-corrected chi connectivity index (χ4v) is 3.09. The summed E-state index contributed by atoms with van der Waals surface area (Å²) < 4.78 is 5.05. The van der Waals surface area contributed by atoms with Gasteiger partial charge in [0.15, 0.2) is 0 Å². The van der Waals surface area contributed by atoms with Crippen LogP contribution >= 0.6 is 0 Å². The SMILES string of the molecule is O=C1OCC[C@H]1N1CCC(c2ccccc2)CC1. The number of benzene rings is 1. The molecule has 96 valence electrons. The van der Waals surface area contributed by atoms with Crippen LogP contribution in [0.4, 0.5) is 0 Å². The first kappa shape index (κ1) is 11.7. The zero-order valence-electron chi connectivity index (χ0n) is 10.5. The largest absolute Gasteiger partial charge is 0.464 e. The third kappa shape index (κ3) is 2.27. The molecule has 2 heterocycles. The van der Waals surface area contributed by atoms with Crippen molar-refractivity contribution in [3.05, 3.63) is 35.9 Å². The van der Waals surface area contributed by atoms with E-state index in [0.29, 0.717) is 12.5 Å². The fraction of sp³-hybridized carbons (Fsp3) is 0.533. The van der Waals surface area contributed by atoms with E-state index in [1.807, 2.05) is 0 Å². The van der Waals surface area contributed by atoms with Crippen LogP contribution in [0.3, 0.4) is 0 Å². The fourth-order valence-electron chi connectivity index (χ4n) is 3.09. The van der Waals surface area contributed by atoms with Crippen molar-refractivity contribution in [2.75, 3.05) is 19.7 Å². The summed E-state index contributed by atoms with van der Waals surface area (Å²) in [6.07, 6.45) is 3.16. The normalized spacial score (nSPS) is 26.2. The van der Waals surface area contributed by atoms with E-state index in [4.69, 9.17) is 4.74 Å². The van der Waals surface area contributed by atoms with Crippen molar-refractivity contribution < 1.29 is 9.53 Å². The van der Waals surface area contributed by atoms with E-state index in [9.17, 15) is 4.79 Å². The lowest BCUT2D eigenvalue weighted by Gasteiger charge is -2.34. The van der Waals surface area contributed by atoms with Crippen LogP contribution in [0, 0.1) is 0 Å². The van der Waals surface area contributed by atoms with E-state index in [-0.39, 0.29) is 12.0 Å². The maximum atomic E-state index is 11.6. The van der Waals surface area contributed by atoms with E-state index < -0.39 is 0 Å². The first-order valence-electron chi connectivity index (χ1n) is 6.80. The molecular formula is C15H19NO2. The number of nitrogens with zero attached hydrogens (tertiary/aromatic N) is 1. The molecule has 1 atom stereocenters. The highest BCUT2D eigenvalue weighted by Crippen LogP contribution is 2.29. The lowest BCUT2D eigenvalue weighted by atomic mass is 9.89. The summed E-state index contributed by atoms with van der Waals surface area (Å²) >= 11 is 0. The summed E-state index contributed by atoms with van der Waals surface area (Å²) in [6.45, 7) is 2.63. The van der Waals surface area contributed by atoms with Gasteiger partial charge in [-0.05, 0) is 37.4 Å². The Morgan fingerprint density at radius 3 is 2.39 bits per heavy atom. The quantitative estimate of drug-likeness (QED) is 0.748. The predicted molar refractivity (Wildman–Crippen MR) is 69.4 cm³/mol. The number of likely N-dealkylation sites (tertiary alicyclic amines) is 1. The van der Waals surface area contributed by atoms with Crippen LogP contribution in [0.15, 0.2) is 30.3 Å². The van der Waals surface area contributed by atoms with E-state index in [2.05, 4.69) is 35.2 Å². The monoisotopic (exact) mass is 245 g/mol. The summed E-state index contributed by atoms with van der Waals surface area (Å²) in [6, 6.07) is 10.7. The summed E-state index contributed by atoms with van der Waals surface area (Å²) in [7, 11) is 0. The van der Waals surface area contributed by atoms with Gasteiger partial charge in [0, 0.05) is 6.42 Å². The van der Waals surface area contributed by atoms with Crippen LogP contribution in [0.2, 0.25) is 0 Å². The van der Waals surface area contributed by atoms with Crippen molar-refractivity contribution >= 4 is 5.97 Å². The third-order valence-corrected chi connectivity index (χ3v) is 4.15. The molecule has 18 heavy (non-hydrogen) atoms. The second-order valence-corrected chi connectivity index (χ2v) is 5.19. The number of hydrogen-bond donors (Lipinski definition) is 0. The maximum Gasteiger partial charge on any atom is 0.323 e. The number of carbonyl (C=O) groups excluding carboxylic acids is 1. The van der Waals surface area contributed by atoms with Gasteiger partial charge in [-0.3, -0.25) is 9.69 Å². The summed E-state index contributed by atoms with van der Waals surface area (Å²) in [5.41, 5.74) is 1.44. The van der Waals surface area contributed by atoms with Crippen LogP contribution in [0.5, 0.6) is 0 Å². The average Bonchev–Trinajstić information content (AvgIpc) is 2.86. The van der Waals surface area contributed by atoms with Crippen molar-refractivity contribution in [1.29, 1.82) is 0 Å². The Labute approximate surface area is 108 Å². The molecule has 2 saturated heterocycles. The summed E-state index contributed by atoms with van der Waals surface area (Å²) in [5, 5.41) is 0. The van der Waals surface area contributed by atoms with Gasteiger partial charge in [0.1, 0.15) is 6.04 Å². The number of ether oxygens (including phenoxy) is 1. The van der Waals surface area contributed by atoms with Gasteiger partial charge in [-0.2, -0.15) is 0 Å². The number of piperidine rings is 1. The Morgan fingerprint density at radius 1 is 1.06 bits per heavy atom. The first-order valence-corrected chi connectivity index (χ1v) is 6.80. The van der Waals surface area contributed by atoms with Crippen molar-refractivity contribution in [2.45, 2.75) is 31.2 Å². The predicted octanol–water partition coefficient (Wildman–Crippen LogP) is 2.18. The molecule has 0 amide bonds. The molecule has 0 saturated carbocycles. The second kappa shape index (κ2) is 5.11. The van der Waals surface area contributed by atoms with Crippen LogP contribution < -0.4 is 0 Å². The van der Waals surface area contributed by atoms with Gasteiger partial charge < -0.3 is 4.74 Å². The minimum absolute atomic E-state index is 0.0202. The van der Waals surface area contributed by atoms with Gasteiger partial charge >= 0.3 is 5.97 Å². The summed E-state index contributed by atoms with van der Waals surface area (Å²) in [5.74, 6) is 0.632. The highest BCUT2D eigenvalue weighted by Gasteiger charge is 2.34. The molecule has 0 N–H and O–H groups in total. The smallest absolute Gasteiger partial charge is 0.323 e. The lowest BCUT2D eigenvalue weighted by Crippen LogP contribution is -2.43. The Morgan fingerprint density at radius 2 is 1.78 bits per heavy atom. The lowest BCUT2D eigenvalue weighted by molar-refractivity contribution is -0.142. The molecule has 3 nitrogen and oxygen atoms in total. The number of hydrogen-bond acceptors (Lipinski definition) is 3. The molecule has 0 aliphatic carbocycles. The van der Waals surface area contributed by atoms with E-state index in [0.717, 1.165) is 32.4 Å². The van der Waals surface area contributed by atoms with Gasteiger partial charge in [-0.15, -0.1) is 0 Å². The van der Waals surface area contributed by atoms with Crippen molar-refractivity contribution in [3.8, 4) is 0 Å². The maximum absolute atomic E-state index is 11.6. The van der Waals surface area contributed by atoms with Gasteiger partial charge in [-0.1, -0.05) is 30.3 Å². The van der Waals surface area contributed by atoms with Crippen LogP contribution in [-0.2, 0) is 9.53 Å². The zero-order valence-corrected chi connectivity index (χ0v) is 10.5. The zero-order chi connectivity index (χ0) is 12.4. The Hall–Kier alpha value is -1.35. The van der Waals surface area contributed by atoms with Gasteiger partial charge in [0.25, 0.3) is 0 Å². The number of esters is 1. The van der Waals surface area contributed by atoms with Crippen molar-refractivity contribution in [2.24, 2.45) is 0 Å². The Bertz CT molecular complexity index is 410. The molecule has 3 rings (SSSR count). The van der Waals surface area contributed by atoms with Crippen molar-refractivity contribution in [3.63, 3.8) is 0 Å². The highest BCUT2D eigenvalue weighted by molar-refractivity contribution is 5.77.